The van der Waals surface area contributed by atoms with Gasteiger partial charge in [0.1, 0.15) is 17.6 Å². The van der Waals surface area contributed by atoms with Gasteiger partial charge in [-0.05, 0) is 31.4 Å². The molecule has 108 valence electrons. The van der Waals surface area contributed by atoms with E-state index in [0.717, 1.165) is 30.8 Å². The molecule has 2 aromatic heterocycles. The predicted molar refractivity (Wildman–Crippen MR) is 75.3 cm³/mol. The minimum atomic E-state index is -0.00870. The highest BCUT2D eigenvalue weighted by molar-refractivity contribution is 5.16. The average Bonchev–Trinajstić information content (AvgIpc) is 3.18. The number of imidazole rings is 1. The first-order valence-corrected chi connectivity index (χ1v) is 7.07. The zero-order valence-electron chi connectivity index (χ0n) is 12.0. The van der Waals surface area contributed by atoms with Crippen LogP contribution in [-0.2, 0) is 11.8 Å². The van der Waals surface area contributed by atoms with E-state index >= 15 is 0 Å². The lowest BCUT2D eigenvalue weighted by Crippen LogP contribution is -2.33. The molecule has 5 nitrogen and oxygen atoms in total. The Hall–Kier alpha value is -1.59. The summed E-state index contributed by atoms with van der Waals surface area (Å²) in [7, 11) is 3.79. The Labute approximate surface area is 118 Å². The number of aryl methyl sites for hydroxylation is 1. The van der Waals surface area contributed by atoms with Crippen LogP contribution < -0.4 is 5.32 Å². The molecule has 0 aliphatic heterocycles. The second-order valence-electron chi connectivity index (χ2n) is 5.38. The zero-order valence-corrected chi connectivity index (χ0v) is 12.0. The first kappa shape index (κ1) is 13.4. The summed E-state index contributed by atoms with van der Waals surface area (Å²) in [6, 6.07) is 4.34. The lowest BCUT2D eigenvalue weighted by molar-refractivity contribution is 0.106. The number of ether oxygens (including phenoxy) is 1. The Morgan fingerprint density at radius 2 is 2.40 bits per heavy atom. The molecular formula is C15H21N3O2. The standard InChI is InChI=1S/C15H21N3O2/c1-18-8-7-16-15(18)14(13-4-3-9-20-13)17-11-5-6-12(10-11)19-2/h3-4,7-9,11-12,14,17H,5-6,10H2,1-2H3. The fraction of sp³-hybridized carbons (Fsp3) is 0.533. The third-order valence-electron chi connectivity index (χ3n) is 4.06. The second kappa shape index (κ2) is 5.81. The molecule has 0 aromatic carbocycles. The van der Waals surface area contributed by atoms with Crippen molar-refractivity contribution in [3.8, 4) is 0 Å². The first-order valence-electron chi connectivity index (χ1n) is 7.07. The summed E-state index contributed by atoms with van der Waals surface area (Å²) < 4.78 is 13.1. The van der Waals surface area contributed by atoms with Crippen LogP contribution in [0, 0.1) is 0 Å². The fourth-order valence-corrected chi connectivity index (χ4v) is 2.94. The maximum Gasteiger partial charge on any atom is 0.133 e. The van der Waals surface area contributed by atoms with Crippen LogP contribution in [0.3, 0.4) is 0 Å². The first-order chi connectivity index (χ1) is 9.78. The number of rotatable bonds is 5. The third kappa shape index (κ3) is 2.64. The normalized spacial score (nSPS) is 24.1. The SMILES string of the molecule is COC1CCC(NC(c2ccco2)c2nccn2C)C1. The lowest BCUT2D eigenvalue weighted by Gasteiger charge is -2.21. The molecule has 3 atom stereocenters. The third-order valence-corrected chi connectivity index (χ3v) is 4.06. The predicted octanol–water partition coefficient (Wildman–Crippen LogP) is 2.26. The van der Waals surface area contributed by atoms with Crippen molar-refractivity contribution in [3.63, 3.8) is 0 Å². The van der Waals surface area contributed by atoms with Gasteiger partial charge in [-0.25, -0.2) is 4.98 Å². The van der Waals surface area contributed by atoms with Gasteiger partial charge < -0.3 is 13.7 Å². The van der Waals surface area contributed by atoms with E-state index in [4.69, 9.17) is 9.15 Å². The molecule has 0 radical (unpaired) electrons. The fourth-order valence-electron chi connectivity index (χ4n) is 2.94. The van der Waals surface area contributed by atoms with Gasteiger partial charge in [-0.1, -0.05) is 0 Å². The molecule has 1 fully saturated rings. The highest BCUT2D eigenvalue weighted by Gasteiger charge is 2.29. The van der Waals surface area contributed by atoms with Crippen molar-refractivity contribution >= 4 is 0 Å². The Kier molecular flexibility index (Phi) is 3.89. The maximum atomic E-state index is 5.59. The van der Waals surface area contributed by atoms with Gasteiger partial charge in [-0.3, -0.25) is 5.32 Å². The molecule has 0 spiro atoms. The Morgan fingerprint density at radius 1 is 1.50 bits per heavy atom. The molecule has 3 unspecified atom stereocenters. The van der Waals surface area contributed by atoms with E-state index in [-0.39, 0.29) is 6.04 Å². The van der Waals surface area contributed by atoms with Gasteiger partial charge in [-0.15, -0.1) is 0 Å². The van der Waals surface area contributed by atoms with Crippen molar-refractivity contribution in [2.45, 2.75) is 37.5 Å². The van der Waals surface area contributed by atoms with Crippen molar-refractivity contribution in [1.29, 1.82) is 0 Å². The van der Waals surface area contributed by atoms with E-state index in [1.165, 1.54) is 0 Å². The van der Waals surface area contributed by atoms with E-state index in [2.05, 4.69) is 10.3 Å². The Balaban J connectivity index is 1.79. The molecule has 3 rings (SSSR count). The van der Waals surface area contributed by atoms with Gasteiger partial charge in [0.05, 0.1) is 12.4 Å². The van der Waals surface area contributed by atoms with Gasteiger partial charge in [0.15, 0.2) is 0 Å². The number of furan rings is 1. The molecule has 0 amide bonds. The van der Waals surface area contributed by atoms with Gasteiger partial charge in [0.25, 0.3) is 0 Å². The van der Waals surface area contributed by atoms with Crippen LogP contribution in [0.4, 0.5) is 0 Å². The highest BCUT2D eigenvalue weighted by atomic mass is 16.5. The van der Waals surface area contributed by atoms with Crippen LogP contribution in [0.1, 0.15) is 36.9 Å². The summed E-state index contributed by atoms with van der Waals surface area (Å²) in [5.74, 6) is 1.88. The lowest BCUT2D eigenvalue weighted by atomic mass is 10.1. The average molecular weight is 275 g/mol. The van der Waals surface area contributed by atoms with E-state index in [1.54, 1.807) is 13.4 Å². The van der Waals surface area contributed by atoms with Crippen molar-refractivity contribution in [3.05, 3.63) is 42.4 Å². The molecule has 0 saturated heterocycles. The number of nitrogens with one attached hydrogen (secondary N) is 1. The number of methoxy groups -OCH3 is 1. The van der Waals surface area contributed by atoms with Gasteiger partial charge in [0.2, 0.25) is 0 Å². The molecule has 2 aromatic rings. The van der Waals surface area contributed by atoms with Crippen LogP contribution in [-0.4, -0.2) is 28.8 Å². The van der Waals surface area contributed by atoms with E-state index in [0.29, 0.717) is 12.1 Å². The highest BCUT2D eigenvalue weighted by Crippen LogP contribution is 2.27. The molecule has 1 aliphatic rings. The maximum absolute atomic E-state index is 5.59. The van der Waals surface area contributed by atoms with Gasteiger partial charge in [0, 0.05) is 32.6 Å². The summed E-state index contributed by atoms with van der Waals surface area (Å²) in [5.41, 5.74) is 0. The smallest absolute Gasteiger partial charge is 0.133 e. The van der Waals surface area contributed by atoms with Crippen molar-refractivity contribution < 1.29 is 9.15 Å². The van der Waals surface area contributed by atoms with Crippen LogP contribution in [0.5, 0.6) is 0 Å². The summed E-state index contributed by atoms with van der Waals surface area (Å²) >= 11 is 0. The minimum absolute atomic E-state index is 0.00870. The monoisotopic (exact) mass is 275 g/mol. The Bertz CT molecular complexity index is 535. The largest absolute Gasteiger partial charge is 0.467 e. The molecule has 1 saturated carbocycles. The van der Waals surface area contributed by atoms with Crippen LogP contribution in [0.15, 0.2) is 35.2 Å². The van der Waals surface area contributed by atoms with Crippen molar-refractivity contribution in [1.82, 2.24) is 14.9 Å². The molecule has 2 heterocycles. The number of aromatic nitrogens is 2. The van der Waals surface area contributed by atoms with E-state index in [1.807, 2.05) is 36.1 Å². The molecule has 1 N–H and O–H groups in total. The Morgan fingerprint density at radius 3 is 3.00 bits per heavy atom. The zero-order chi connectivity index (χ0) is 13.9. The van der Waals surface area contributed by atoms with Gasteiger partial charge in [-0.2, -0.15) is 0 Å². The molecule has 5 heteroatoms. The summed E-state index contributed by atoms with van der Waals surface area (Å²) in [4.78, 5) is 4.46. The van der Waals surface area contributed by atoms with E-state index < -0.39 is 0 Å². The topological polar surface area (TPSA) is 52.2 Å². The second-order valence-corrected chi connectivity index (χ2v) is 5.38. The number of hydrogen-bond acceptors (Lipinski definition) is 4. The molecular weight excluding hydrogens is 254 g/mol. The van der Waals surface area contributed by atoms with Gasteiger partial charge >= 0.3 is 0 Å². The number of hydrogen-bond donors (Lipinski definition) is 1. The quantitative estimate of drug-likeness (QED) is 0.909. The summed E-state index contributed by atoms with van der Waals surface area (Å²) in [6.07, 6.45) is 9.13. The van der Waals surface area contributed by atoms with Crippen molar-refractivity contribution in [2.75, 3.05) is 7.11 Å². The number of nitrogens with zero attached hydrogens (tertiary/aromatic N) is 2. The molecule has 20 heavy (non-hydrogen) atoms. The van der Waals surface area contributed by atoms with E-state index in [9.17, 15) is 0 Å². The summed E-state index contributed by atoms with van der Waals surface area (Å²) in [6.45, 7) is 0. The van der Waals surface area contributed by atoms with Crippen molar-refractivity contribution in [2.24, 2.45) is 7.05 Å². The van der Waals surface area contributed by atoms with Crippen LogP contribution in [0.25, 0.3) is 0 Å². The summed E-state index contributed by atoms with van der Waals surface area (Å²) in [5, 5.41) is 3.67. The van der Waals surface area contributed by atoms with Crippen LogP contribution in [0.2, 0.25) is 0 Å². The molecule has 0 bridgehead atoms. The minimum Gasteiger partial charge on any atom is -0.467 e. The van der Waals surface area contributed by atoms with Crippen LogP contribution >= 0.6 is 0 Å². The molecule has 1 aliphatic carbocycles.